The Hall–Kier alpha value is -0.490. The lowest BCUT2D eigenvalue weighted by Crippen LogP contribution is -2.28. The molecule has 4 nitrogen and oxygen atoms in total. The van der Waals surface area contributed by atoms with E-state index in [1.807, 2.05) is 0 Å². The smallest absolute Gasteiger partial charge is 0.107 e. The van der Waals surface area contributed by atoms with E-state index in [4.69, 9.17) is 9.72 Å². The van der Waals surface area contributed by atoms with E-state index in [0.717, 1.165) is 32.8 Å². The van der Waals surface area contributed by atoms with Crippen LogP contribution in [0.1, 0.15) is 37.4 Å². The third-order valence-electron chi connectivity index (χ3n) is 3.40. The SMILES string of the molecule is CC(C)CNCc1nc(CN(C)CC2CCCO2)cs1. The highest BCUT2D eigenvalue weighted by Gasteiger charge is 2.17. The van der Waals surface area contributed by atoms with Crippen molar-refractivity contribution in [3.05, 3.63) is 16.1 Å². The number of nitrogens with one attached hydrogen (secondary N) is 1. The fraction of sp³-hybridized carbons (Fsp3) is 0.800. The van der Waals surface area contributed by atoms with Crippen LogP contribution in [0.2, 0.25) is 0 Å². The molecule has 1 saturated heterocycles. The van der Waals surface area contributed by atoms with Crippen LogP contribution in [-0.4, -0.2) is 42.7 Å². The highest BCUT2D eigenvalue weighted by atomic mass is 32.1. The number of hydrogen-bond acceptors (Lipinski definition) is 5. The second-order valence-corrected chi connectivity index (χ2v) is 7.03. The van der Waals surface area contributed by atoms with Gasteiger partial charge in [0.1, 0.15) is 5.01 Å². The molecule has 1 N–H and O–H groups in total. The molecule has 1 aromatic heterocycles. The minimum atomic E-state index is 0.422. The van der Waals surface area contributed by atoms with Crippen LogP contribution >= 0.6 is 11.3 Å². The molecule has 1 atom stereocenters. The van der Waals surface area contributed by atoms with E-state index in [0.29, 0.717) is 12.0 Å². The van der Waals surface area contributed by atoms with E-state index in [1.54, 1.807) is 11.3 Å². The minimum absolute atomic E-state index is 0.422. The standard InChI is InChI=1S/C15H27N3OS/c1-12(2)7-16-8-15-17-13(11-20-15)9-18(3)10-14-5-4-6-19-14/h11-12,14,16H,4-10H2,1-3H3. The molecule has 0 saturated carbocycles. The topological polar surface area (TPSA) is 37.4 Å². The number of aromatic nitrogens is 1. The van der Waals surface area contributed by atoms with Gasteiger partial charge in [0.25, 0.3) is 0 Å². The fourth-order valence-electron chi connectivity index (χ4n) is 2.45. The van der Waals surface area contributed by atoms with Crippen LogP contribution in [0.15, 0.2) is 5.38 Å². The van der Waals surface area contributed by atoms with Crippen molar-refractivity contribution in [2.75, 3.05) is 26.7 Å². The van der Waals surface area contributed by atoms with Crippen LogP contribution in [0.5, 0.6) is 0 Å². The highest BCUT2D eigenvalue weighted by Crippen LogP contribution is 2.15. The molecule has 114 valence electrons. The average molecular weight is 297 g/mol. The van der Waals surface area contributed by atoms with Crippen LogP contribution in [0.4, 0.5) is 0 Å². The largest absolute Gasteiger partial charge is 0.377 e. The maximum atomic E-state index is 5.67. The first-order valence-electron chi connectivity index (χ1n) is 7.57. The molecular formula is C15H27N3OS. The second-order valence-electron chi connectivity index (χ2n) is 6.09. The lowest BCUT2D eigenvalue weighted by atomic mass is 10.2. The molecule has 1 aromatic rings. The summed E-state index contributed by atoms with van der Waals surface area (Å²) in [5.74, 6) is 0.687. The zero-order valence-electron chi connectivity index (χ0n) is 12.9. The van der Waals surface area contributed by atoms with Gasteiger partial charge in [0.2, 0.25) is 0 Å². The molecule has 1 fully saturated rings. The number of thiazole rings is 1. The molecule has 0 bridgehead atoms. The first-order chi connectivity index (χ1) is 9.63. The molecule has 1 aliphatic rings. The molecule has 20 heavy (non-hydrogen) atoms. The highest BCUT2D eigenvalue weighted by molar-refractivity contribution is 7.09. The van der Waals surface area contributed by atoms with Gasteiger partial charge in [0.05, 0.1) is 11.8 Å². The predicted molar refractivity (Wildman–Crippen MR) is 84.0 cm³/mol. The molecule has 0 aliphatic carbocycles. The maximum absolute atomic E-state index is 5.67. The van der Waals surface area contributed by atoms with Gasteiger partial charge in [-0.15, -0.1) is 11.3 Å². The van der Waals surface area contributed by atoms with Gasteiger partial charge >= 0.3 is 0 Å². The van der Waals surface area contributed by atoms with E-state index in [1.165, 1.54) is 23.5 Å². The summed E-state index contributed by atoms with van der Waals surface area (Å²) >= 11 is 1.75. The van der Waals surface area contributed by atoms with Gasteiger partial charge < -0.3 is 10.1 Å². The molecule has 1 aliphatic heterocycles. The van der Waals surface area contributed by atoms with Gasteiger partial charge in [-0.05, 0) is 32.4 Å². The van der Waals surface area contributed by atoms with Crippen molar-refractivity contribution in [2.24, 2.45) is 5.92 Å². The third-order valence-corrected chi connectivity index (χ3v) is 4.30. The van der Waals surface area contributed by atoms with E-state index in [9.17, 15) is 0 Å². The normalized spacial score (nSPS) is 19.4. The van der Waals surface area contributed by atoms with Crippen LogP contribution in [0, 0.1) is 5.92 Å². The fourth-order valence-corrected chi connectivity index (χ4v) is 3.20. The first-order valence-corrected chi connectivity index (χ1v) is 8.45. The second kappa shape index (κ2) is 8.08. The summed E-state index contributed by atoms with van der Waals surface area (Å²) in [5, 5.41) is 6.81. The monoisotopic (exact) mass is 297 g/mol. The minimum Gasteiger partial charge on any atom is -0.377 e. The lowest BCUT2D eigenvalue weighted by Gasteiger charge is -2.19. The first kappa shape index (κ1) is 15.9. The summed E-state index contributed by atoms with van der Waals surface area (Å²) in [6.07, 6.45) is 2.83. The Balaban J connectivity index is 1.71. The van der Waals surface area contributed by atoms with Crippen molar-refractivity contribution in [3.8, 4) is 0 Å². The summed E-state index contributed by atoms with van der Waals surface area (Å²) in [7, 11) is 2.15. The van der Waals surface area contributed by atoms with Gasteiger partial charge in [-0.3, -0.25) is 4.90 Å². The Morgan fingerprint density at radius 3 is 3.10 bits per heavy atom. The van der Waals surface area contributed by atoms with E-state index in [-0.39, 0.29) is 0 Å². The number of rotatable bonds is 8. The van der Waals surface area contributed by atoms with Gasteiger partial charge in [-0.2, -0.15) is 0 Å². The van der Waals surface area contributed by atoms with Crippen molar-refractivity contribution in [1.29, 1.82) is 0 Å². The summed E-state index contributed by atoms with van der Waals surface area (Å²) < 4.78 is 5.67. The van der Waals surface area contributed by atoms with E-state index in [2.05, 4.69) is 36.5 Å². The van der Waals surface area contributed by atoms with Crippen LogP contribution < -0.4 is 5.32 Å². The van der Waals surface area contributed by atoms with Crippen molar-refractivity contribution in [2.45, 2.75) is 45.9 Å². The Labute approximate surface area is 126 Å². The molecular weight excluding hydrogens is 270 g/mol. The third kappa shape index (κ3) is 5.48. The summed E-state index contributed by atoms with van der Waals surface area (Å²) in [5.41, 5.74) is 1.18. The van der Waals surface area contributed by atoms with Crippen molar-refractivity contribution in [1.82, 2.24) is 15.2 Å². The Morgan fingerprint density at radius 1 is 1.55 bits per heavy atom. The number of likely N-dealkylation sites (N-methyl/N-ethyl adjacent to an activating group) is 1. The number of nitrogens with zero attached hydrogens (tertiary/aromatic N) is 2. The summed E-state index contributed by atoms with van der Waals surface area (Å²) in [6.45, 7) is 9.24. The zero-order chi connectivity index (χ0) is 14.4. The van der Waals surface area contributed by atoms with E-state index < -0.39 is 0 Å². The Morgan fingerprint density at radius 2 is 2.40 bits per heavy atom. The van der Waals surface area contributed by atoms with Crippen molar-refractivity contribution in [3.63, 3.8) is 0 Å². The van der Waals surface area contributed by atoms with Crippen LogP contribution in [0.3, 0.4) is 0 Å². The number of ether oxygens (including phenoxy) is 1. The molecule has 0 aromatic carbocycles. The average Bonchev–Trinajstić information content (AvgIpc) is 3.01. The van der Waals surface area contributed by atoms with Crippen molar-refractivity contribution >= 4 is 11.3 Å². The quantitative estimate of drug-likeness (QED) is 0.800. The predicted octanol–water partition coefficient (Wildman–Crippen LogP) is 2.50. The molecule has 0 spiro atoms. The van der Waals surface area contributed by atoms with Gasteiger partial charge in [0, 0.05) is 31.6 Å². The molecule has 0 amide bonds. The summed E-state index contributed by atoms with van der Waals surface area (Å²) in [4.78, 5) is 7.01. The molecule has 2 heterocycles. The molecule has 5 heteroatoms. The van der Waals surface area contributed by atoms with Crippen molar-refractivity contribution < 1.29 is 4.74 Å². The molecule has 2 rings (SSSR count). The van der Waals surface area contributed by atoms with E-state index >= 15 is 0 Å². The molecule has 0 radical (unpaired) electrons. The van der Waals surface area contributed by atoms with Gasteiger partial charge in [-0.25, -0.2) is 4.98 Å². The lowest BCUT2D eigenvalue weighted by molar-refractivity contribution is 0.0790. The van der Waals surface area contributed by atoms with Crippen LogP contribution in [-0.2, 0) is 17.8 Å². The summed E-state index contributed by atoms with van der Waals surface area (Å²) in [6, 6.07) is 0. The Kier molecular flexibility index (Phi) is 6.42. The Bertz CT molecular complexity index is 388. The maximum Gasteiger partial charge on any atom is 0.107 e. The van der Waals surface area contributed by atoms with Crippen LogP contribution in [0.25, 0.3) is 0 Å². The zero-order valence-corrected chi connectivity index (χ0v) is 13.7. The van der Waals surface area contributed by atoms with Gasteiger partial charge in [-0.1, -0.05) is 13.8 Å². The molecule has 1 unspecified atom stereocenters. The number of hydrogen-bond donors (Lipinski definition) is 1. The van der Waals surface area contributed by atoms with Gasteiger partial charge in [0.15, 0.2) is 0 Å².